The van der Waals surface area contributed by atoms with Crippen molar-refractivity contribution in [2.45, 2.75) is 39.3 Å². The maximum Gasteiger partial charge on any atom is 0.408 e. The van der Waals surface area contributed by atoms with Crippen LogP contribution in [0.25, 0.3) is 0 Å². The van der Waals surface area contributed by atoms with E-state index in [0.29, 0.717) is 0 Å². The van der Waals surface area contributed by atoms with Gasteiger partial charge in [0.05, 0.1) is 10.8 Å². The molecular formula is C17H23N3O7S. The number of amides is 2. The standard InChI is InChI=1S/C17H23N3O7S/c1-11(21)18-10-28-9-14(19-16(23)27-17(2,3)4)15(22)26-13-7-5-12(6-8-13)20(24)25/h5-8,14H,9-10H2,1-4H3,(H,18,21)(H,19,23). The highest BCUT2D eigenvalue weighted by molar-refractivity contribution is 7.99. The van der Waals surface area contributed by atoms with Crippen molar-refractivity contribution in [1.29, 1.82) is 0 Å². The Morgan fingerprint density at radius 2 is 1.82 bits per heavy atom. The number of nitrogens with zero attached hydrogens (tertiary/aromatic N) is 1. The van der Waals surface area contributed by atoms with Crippen LogP contribution >= 0.6 is 11.8 Å². The summed E-state index contributed by atoms with van der Waals surface area (Å²) in [5.74, 6) is -0.538. The molecule has 0 saturated carbocycles. The van der Waals surface area contributed by atoms with Gasteiger partial charge in [-0.05, 0) is 32.9 Å². The number of carbonyl (C=O) groups excluding carboxylic acids is 3. The van der Waals surface area contributed by atoms with Crippen LogP contribution in [0.5, 0.6) is 5.75 Å². The van der Waals surface area contributed by atoms with Gasteiger partial charge < -0.3 is 20.1 Å². The van der Waals surface area contributed by atoms with Crippen LogP contribution in [0.3, 0.4) is 0 Å². The maximum absolute atomic E-state index is 12.4. The quantitative estimate of drug-likeness (QED) is 0.165. The van der Waals surface area contributed by atoms with Crippen molar-refractivity contribution in [2.24, 2.45) is 0 Å². The van der Waals surface area contributed by atoms with Crippen molar-refractivity contribution in [3.63, 3.8) is 0 Å². The molecule has 1 atom stereocenters. The number of non-ortho nitro benzene ring substituents is 1. The summed E-state index contributed by atoms with van der Waals surface area (Å²) >= 11 is 1.20. The predicted molar refractivity (Wildman–Crippen MR) is 103 cm³/mol. The first-order chi connectivity index (χ1) is 13.0. The van der Waals surface area contributed by atoms with Crippen LogP contribution in [0.4, 0.5) is 10.5 Å². The smallest absolute Gasteiger partial charge is 0.408 e. The van der Waals surface area contributed by atoms with Crippen LogP contribution in [-0.4, -0.2) is 46.2 Å². The molecule has 1 rings (SSSR count). The Bertz CT molecular complexity index is 716. The molecule has 0 aliphatic heterocycles. The van der Waals surface area contributed by atoms with Gasteiger partial charge in [-0.2, -0.15) is 0 Å². The molecule has 28 heavy (non-hydrogen) atoms. The zero-order chi connectivity index (χ0) is 21.3. The summed E-state index contributed by atoms with van der Waals surface area (Å²) < 4.78 is 10.3. The van der Waals surface area contributed by atoms with E-state index in [1.807, 2.05) is 0 Å². The second-order valence-electron chi connectivity index (χ2n) is 6.62. The summed E-state index contributed by atoms with van der Waals surface area (Å²) in [7, 11) is 0. The van der Waals surface area contributed by atoms with Gasteiger partial charge in [0.25, 0.3) is 5.69 Å². The average molecular weight is 413 g/mol. The highest BCUT2D eigenvalue weighted by atomic mass is 32.2. The lowest BCUT2D eigenvalue weighted by Gasteiger charge is -2.22. The molecule has 0 fully saturated rings. The van der Waals surface area contributed by atoms with Gasteiger partial charge >= 0.3 is 12.1 Å². The van der Waals surface area contributed by atoms with E-state index in [-0.39, 0.29) is 29.0 Å². The molecule has 11 heteroatoms. The van der Waals surface area contributed by atoms with Crippen LogP contribution in [0.1, 0.15) is 27.7 Å². The summed E-state index contributed by atoms with van der Waals surface area (Å²) in [5.41, 5.74) is -0.894. The Morgan fingerprint density at radius 3 is 2.32 bits per heavy atom. The van der Waals surface area contributed by atoms with Crippen molar-refractivity contribution in [3.05, 3.63) is 34.4 Å². The van der Waals surface area contributed by atoms with Crippen LogP contribution in [-0.2, 0) is 14.3 Å². The zero-order valence-corrected chi connectivity index (χ0v) is 16.8. The fourth-order valence-corrected chi connectivity index (χ4v) is 2.65. The highest BCUT2D eigenvalue weighted by Gasteiger charge is 2.26. The second kappa shape index (κ2) is 10.5. The Kier molecular flexibility index (Phi) is 8.71. The average Bonchev–Trinajstić information content (AvgIpc) is 2.56. The fraction of sp³-hybridized carbons (Fsp3) is 0.471. The van der Waals surface area contributed by atoms with E-state index in [0.717, 1.165) is 0 Å². The van der Waals surface area contributed by atoms with E-state index in [2.05, 4.69) is 10.6 Å². The summed E-state index contributed by atoms with van der Waals surface area (Å²) in [6, 6.07) is 3.91. The predicted octanol–water partition coefficient (Wildman–Crippen LogP) is 2.22. The fourth-order valence-electron chi connectivity index (χ4n) is 1.77. The number of hydrogen-bond acceptors (Lipinski definition) is 8. The Morgan fingerprint density at radius 1 is 1.21 bits per heavy atom. The number of ether oxygens (including phenoxy) is 2. The van der Waals surface area contributed by atoms with E-state index in [1.165, 1.54) is 43.0 Å². The molecule has 2 N–H and O–H groups in total. The Labute approximate surface area is 166 Å². The SMILES string of the molecule is CC(=O)NCSCC(NC(=O)OC(C)(C)C)C(=O)Oc1ccc([N+](=O)[O-])cc1. The minimum absolute atomic E-state index is 0.0958. The summed E-state index contributed by atoms with van der Waals surface area (Å²) in [6.07, 6.45) is -0.793. The topological polar surface area (TPSA) is 137 Å². The van der Waals surface area contributed by atoms with Gasteiger partial charge in [-0.15, -0.1) is 11.8 Å². The van der Waals surface area contributed by atoms with Gasteiger partial charge in [0.2, 0.25) is 5.91 Å². The Balaban J connectivity index is 2.76. The van der Waals surface area contributed by atoms with Crippen LogP contribution in [0.15, 0.2) is 24.3 Å². The molecule has 0 aromatic heterocycles. The maximum atomic E-state index is 12.4. The molecule has 1 unspecified atom stereocenters. The van der Waals surface area contributed by atoms with Gasteiger partial charge in [0.1, 0.15) is 17.4 Å². The summed E-state index contributed by atoms with van der Waals surface area (Å²) in [5, 5.41) is 15.7. The molecule has 0 saturated heterocycles. The highest BCUT2D eigenvalue weighted by Crippen LogP contribution is 2.18. The monoisotopic (exact) mass is 413 g/mol. The van der Waals surface area contributed by atoms with Gasteiger partial charge in [-0.1, -0.05) is 0 Å². The molecule has 154 valence electrons. The molecular weight excluding hydrogens is 390 g/mol. The first kappa shape index (κ1) is 23.2. The van der Waals surface area contributed by atoms with E-state index < -0.39 is 28.6 Å². The number of nitro benzene ring substituents is 1. The minimum Gasteiger partial charge on any atom is -0.444 e. The first-order valence-corrected chi connectivity index (χ1v) is 9.41. The molecule has 1 aromatic carbocycles. The third-order valence-corrected chi connectivity index (χ3v) is 3.87. The molecule has 1 aromatic rings. The Hall–Kier alpha value is -2.82. The van der Waals surface area contributed by atoms with Crippen molar-refractivity contribution < 1.29 is 28.8 Å². The van der Waals surface area contributed by atoms with Crippen molar-refractivity contribution in [2.75, 3.05) is 11.6 Å². The zero-order valence-electron chi connectivity index (χ0n) is 16.0. The first-order valence-electron chi connectivity index (χ1n) is 8.26. The second-order valence-corrected chi connectivity index (χ2v) is 7.65. The van der Waals surface area contributed by atoms with Gasteiger partial charge in [0.15, 0.2) is 0 Å². The molecule has 0 aliphatic rings. The molecule has 10 nitrogen and oxygen atoms in total. The number of esters is 1. The van der Waals surface area contributed by atoms with Gasteiger partial charge in [-0.3, -0.25) is 14.9 Å². The van der Waals surface area contributed by atoms with E-state index in [4.69, 9.17) is 9.47 Å². The third-order valence-electron chi connectivity index (χ3n) is 2.95. The number of carbonyl (C=O) groups is 3. The van der Waals surface area contributed by atoms with E-state index in [9.17, 15) is 24.5 Å². The van der Waals surface area contributed by atoms with Crippen LogP contribution in [0.2, 0.25) is 0 Å². The van der Waals surface area contributed by atoms with Crippen molar-refractivity contribution in [3.8, 4) is 5.75 Å². The lowest BCUT2D eigenvalue weighted by atomic mass is 10.2. The number of alkyl carbamates (subject to hydrolysis) is 1. The largest absolute Gasteiger partial charge is 0.444 e. The lowest BCUT2D eigenvalue weighted by Crippen LogP contribution is -2.47. The van der Waals surface area contributed by atoms with Crippen molar-refractivity contribution >= 4 is 35.4 Å². The summed E-state index contributed by atoms with van der Waals surface area (Å²) in [4.78, 5) is 45.4. The van der Waals surface area contributed by atoms with Gasteiger partial charge in [-0.25, -0.2) is 9.59 Å². The lowest BCUT2D eigenvalue weighted by molar-refractivity contribution is -0.384. The third kappa shape index (κ3) is 9.21. The number of nitrogens with one attached hydrogen (secondary N) is 2. The van der Waals surface area contributed by atoms with Crippen molar-refractivity contribution in [1.82, 2.24) is 10.6 Å². The molecule has 0 aliphatic carbocycles. The molecule has 0 bridgehead atoms. The minimum atomic E-state index is -1.05. The molecule has 0 heterocycles. The van der Waals surface area contributed by atoms with Crippen LogP contribution < -0.4 is 15.4 Å². The number of thioether (sulfide) groups is 1. The molecule has 2 amide bonds. The number of nitro groups is 1. The van der Waals surface area contributed by atoms with Gasteiger partial charge in [0, 0.05) is 24.8 Å². The number of rotatable bonds is 8. The number of benzene rings is 1. The molecule has 0 spiro atoms. The van der Waals surface area contributed by atoms with E-state index in [1.54, 1.807) is 20.8 Å². The van der Waals surface area contributed by atoms with Crippen LogP contribution in [0, 0.1) is 10.1 Å². The normalized spacial score (nSPS) is 11.9. The summed E-state index contributed by atoms with van der Waals surface area (Å²) in [6.45, 7) is 6.41. The number of hydrogen-bond donors (Lipinski definition) is 2. The molecule has 0 radical (unpaired) electrons. The van der Waals surface area contributed by atoms with E-state index >= 15 is 0 Å².